The van der Waals surface area contributed by atoms with Crippen LogP contribution >= 0.6 is 0 Å². The molecule has 2 heterocycles. The molecule has 2 aromatic heterocycles. The molecule has 0 bridgehead atoms. The second-order valence-electron chi connectivity index (χ2n) is 5.92. The molecule has 0 amide bonds. The first kappa shape index (κ1) is 16.7. The molecule has 1 unspecified atom stereocenters. The molecule has 0 aliphatic rings. The van der Waals surface area contributed by atoms with Crippen LogP contribution in [0, 0.1) is 0 Å². The molecule has 4 rings (SSSR count). The third-order valence-corrected chi connectivity index (χ3v) is 4.11. The molecule has 132 valence electrons. The fourth-order valence-corrected chi connectivity index (χ4v) is 2.77. The summed E-state index contributed by atoms with van der Waals surface area (Å²) in [6.07, 6.45) is 2.78. The summed E-state index contributed by atoms with van der Waals surface area (Å²) in [6, 6.07) is 24.3. The normalized spacial score (nSPS) is 11.7. The smallest absolute Gasteiger partial charge is 0.361 e. The van der Waals surface area contributed by atoms with Crippen molar-refractivity contribution in [2.75, 3.05) is 0 Å². The number of carbonyl (C=O) groups excluding carboxylic acids is 1. The van der Waals surface area contributed by atoms with Gasteiger partial charge in [0, 0.05) is 29.6 Å². The Morgan fingerprint density at radius 2 is 1.48 bits per heavy atom. The van der Waals surface area contributed by atoms with Crippen LogP contribution in [0.5, 0.6) is 0 Å². The van der Waals surface area contributed by atoms with Crippen LogP contribution in [0.1, 0.15) is 27.7 Å². The molecule has 0 fully saturated rings. The van der Waals surface area contributed by atoms with Crippen LogP contribution in [0.4, 0.5) is 0 Å². The molecule has 2 aromatic carbocycles. The van der Waals surface area contributed by atoms with Gasteiger partial charge in [-0.2, -0.15) is 0 Å². The molecule has 0 radical (unpaired) electrons. The van der Waals surface area contributed by atoms with Crippen molar-refractivity contribution < 1.29 is 14.1 Å². The maximum Gasteiger partial charge on any atom is 0.361 e. The Balaban J connectivity index is 1.60. The number of pyridine rings is 1. The lowest BCUT2D eigenvalue weighted by Gasteiger charge is -2.18. The second kappa shape index (κ2) is 7.66. The minimum atomic E-state index is -0.557. The third-order valence-electron chi connectivity index (χ3n) is 4.11. The quantitative estimate of drug-likeness (QED) is 0.486. The number of hydrogen-bond donors (Lipinski definition) is 0. The Morgan fingerprint density at radius 1 is 0.852 bits per heavy atom. The van der Waals surface area contributed by atoms with Crippen molar-refractivity contribution in [3.63, 3.8) is 0 Å². The van der Waals surface area contributed by atoms with E-state index in [1.807, 2.05) is 72.8 Å². The summed E-state index contributed by atoms with van der Waals surface area (Å²) in [5.41, 5.74) is 2.67. The average molecular weight is 356 g/mol. The number of carbonyl (C=O) groups is 1. The molecule has 0 saturated heterocycles. The Bertz CT molecular complexity index is 976. The van der Waals surface area contributed by atoms with Crippen LogP contribution < -0.4 is 0 Å². The van der Waals surface area contributed by atoms with E-state index >= 15 is 0 Å². The molecule has 1 atom stereocenters. The van der Waals surface area contributed by atoms with E-state index in [-0.39, 0.29) is 5.69 Å². The zero-order chi connectivity index (χ0) is 18.5. The number of esters is 1. The molecular weight excluding hydrogens is 340 g/mol. The van der Waals surface area contributed by atoms with Crippen molar-refractivity contribution >= 4 is 5.97 Å². The Hall–Kier alpha value is -3.73. The summed E-state index contributed by atoms with van der Waals surface area (Å²) in [4.78, 5) is 16.7. The summed E-state index contributed by atoms with van der Waals surface area (Å²) in [5.74, 6) is -0.0330. The van der Waals surface area contributed by atoms with Gasteiger partial charge in [0.25, 0.3) is 0 Å². The summed E-state index contributed by atoms with van der Waals surface area (Å²) in [5, 5.41) is 3.87. The molecule has 0 saturated carbocycles. The summed E-state index contributed by atoms with van der Waals surface area (Å²) in [7, 11) is 0. The van der Waals surface area contributed by atoms with Crippen molar-refractivity contribution in [1.82, 2.24) is 10.1 Å². The second-order valence-corrected chi connectivity index (χ2v) is 5.92. The maximum absolute atomic E-state index is 12.7. The van der Waals surface area contributed by atoms with Gasteiger partial charge in [-0.3, -0.25) is 4.98 Å². The average Bonchev–Trinajstić information content (AvgIpc) is 3.24. The first-order chi connectivity index (χ1) is 13.3. The van der Waals surface area contributed by atoms with Crippen molar-refractivity contribution in [2.24, 2.45) is 0 Å². The van der Waals surface area contributed by atoms with Crippen molar-refractivity contribution in [3.8, 4) is 11.3 Å². The lowest BCUT2D eigenvalue weighted by Crippen LogP contribution is -2.13. The highest BCUT2D eigenvalue weighted by molar-refractivity contribution is 5.88. The highest BCUT2D eigenvalue weighted by Gasteiger charge is 2.22. The molecule has 0 N–H and O–H groups in total. The van der Waals surface area contributed by atoms with E-state index in [0.29, 0.717) is 5.76 Å². The molecule has 4 aromatic rings. The van der Waals surface area contributed by atoms with Crippen LogP contribution in [0.25, 0.3) is 11.3 Å². The monoisotopic (exact) mass is 356 g/mol. The number of benzene rings is 2. The van der Waals surface area contributed by atoms with Crippen LogP contribution in [0.2, 0.25) is 0 Å². The van der Waals surface area contributed by atoms with Gasteiger partial charge >= 0.3 is 5.97 Å². The number of aromatic nitrogens is 2. The van der Waals surface area contributed by atoms with E-state index in [1.54, 1.807) is 18.5 Å². The van der Waals surface area contributed by atoms with Crippen LogP contribution in [0.15, 0.2) is 95.8 Å². The first-order valence-corrected chi connectivity index (χ1v) is 8.49. The minimum Gasteiger partial charge on any atom is -0.448 e. The van der Waals surface area contributed by atoms with Crippen LogP contribution in [-0.2, 0) is 4.74 Å². The van der Waals surface area contributed by atoms with Gasteiger partial charge in [-0.15, -0.1) is 0 Å². The summed E-state index contributed by atoms with van der Waals surface area (Å²) in [6.45, 7) is 0. The van der Waals surface area contributed by atoms with Gasteiger partial charge in [-0.25, -0.2) is 4.79 Å². The highest BCUT2D eigenvalue weighted by atomic mass is 16.5. The number of hydrogen-bond acceptors (Lipinski definition) is 5. The van der Waals surface area contributed by atoms with Crippen LogP contribution in [0.3, 0.4) is 0 Å². The predicted octanol–water partition coefficient (Wildman–Crippen LogP) is 4.68. The Kier molecular flexibility index (Phi) is 4.74. The van der Waals surface area contributed by atoms with Gasteiger partial charge < -0.3 is 9.26 Å². The number of nitrogens with zero attached hydrogens (tertiary/aromatic N) is 2. The molecule has 27 heavy (non-hydrogen) atoms. The lowest BCUT2D eigenvalue weighted by molar-refractivity contribution is 0.0366. The molecule has 0 spiro atoms. The van der Waals surface area contributed by atoms with E-state index in [4.69, 9.17) is 9.26 Å². The molecular formula is C22H16N2O3. The molecule has 0 aliphatic carbocycles. The zero-order valence-electron chi connectivity index (χ0n) is 14.4. The summed E-state index contributed by atoms with van der Waals surface area (Å²) >= 11 is 0. The third kappa shape index (κ3) is 3.77. The van der Waals surface area contributed by atoms with E-state index < -0.39 is 12.1 Å². The summed E-state index contributed by atoms with van der Waals surface area (Å²) < 4.78 is 11.1. The van der Waals surface area contributed by atoms with Gasteiger partial charge in [0.2, 0.25) is 0 Å². The van der Waals surface area contributed by atoms with Crippen LogP contribution in [-0.4, -0.2) is 16.1 Å². The zero-order valence-corrected chi connectivity index (χ0v) is 14.4. The lowest BCUT2D eigenvalue weighted by atomic mass is 10.0. The van der Waals surface area contributed by atoms with Gasteiger partial charge in [0.1, 0.15) is 0 Å². The topological polar surface area (TPSA) is 65.2 Å². The fraction of sp³-hybridized carbons (Fsp3) is 0.0455. The van der Waals surface area contributed by atoms with Crippen molar-refractivity contribution in [3.05, 3.63) is 108 Å². The largest absolute Gasteiger partial charge is 0.448 e. The fourth-order valence-electron chi connectivity index (χ4n) is 2.77. The number of rotatable bonds is 5. The standard InChI is InChI=1S/C22H16N2O3/c25-22(19-15-20(27-24-19)16-7-3-1-4-8-16)26-21(17-9-5-2-6-10-17)18-11-13-23-14-12-18/h1-15,21H. The van der Waals surface area contributed by atoms with Crippen molar-refractivity contribution in [2.45, 2.75) is 6.10 Å². The van der Waals surface area contributed by atoms with E-state index in [2.05, 4.69) is 10.1 Å². The highest BCUT2D eigenvalue weighted by Crippen LogP contribution is 2.27. The number of ether oxygens (including phenoxy) is 1. The Morgan fingerprint density at radius 3 is 2.19 bits per heavy atom. The van der Waals surface area contributed by atoms with E-state index in [9.17, 15) is 4.79 Å². The van der Waals surface area contributed by atoms with Crippen molar-refractivity contribution in [1.29, 1.82) is 0 Å². The van der Waals surface area contributed by atoms with Gasteiger partial charge in [0.15, 0.2) is 17.6 Å². The maximum atomic E-state index is 12.7. The van der Waals surface area contributed by atoms with Gasteiger partial charge in [0.05, 0.1) is 0 Å². The van der Waals surface area contributed by atoms with E-state index in [0.717, 1.165) is 16.7 Å². The van der Waals surface area contributed by atoms with E-state index in [1.165, 1.54) is 0 Å². The molecule has 0 aliphatic heterocycles. The molecule has 5 nitrogen and oxygen atoms in total. The molecule has 5 heteroatoms. The predicted molar refractivity (Wildman–Crippen MR) is 99.9 cm³/mol. The first-order valence-electron chi connectivity index (χ1n) is 8.49. The SMILES string of the molecule is O=C(OC(c1ccccc1)c1ccncc1)c1cc(-c2ccccc2)on1. The Labute approximate surface area is 156 Å². The van der Waals surface area contributed by atoms with Gasteiger partial charge in [-0.05, 0) is 17.7 Å². The van der Waals surface area contributed by atoms with Gasteiger partial charge in [-0.1, -0.05) is 65.8 Å². The minimum absolute atomic E-state index is 0.129.